The van der Waals surface area contributed by atoms with Crippen molar-refractivity contribution in [2.45, 2.75) is 104 Å². The van der Waals surface area contributed by atoms with Gasteiger partial charge in [0, 0.05) is 0 Å². The molecule has 0 radical (unpaired) electrons. The monoisotopic (exact) mass is 798 g/mol. The zero-order valence-corrected chi connectivity index (χ0v) is 22.9. The molecule has 0 aromatic heterocycles. The molecule has 0 N–H and O–H groups in total. The molecule has 0 saturated heterocycles. The number of hydrogen-bond donors (Lipinski definition) is 0. The number of esters is 1. The van der Waals surface area contributed by atoms with Crippen molar-refractivity contribution >= 4 is 5.97 Å². The van der Waals surface area contributed by atoms with E-state index >= 15 is 0 Å². The first-order valence-electron chi connectivity index (χ1n) is 11.5. The smallest absolute Gasteiger partial charge is 0.459 e. The van der Waals surface area contributed by atoms with Crippen LogP contribution in [0.25, 0.3) is 0 Å². The van der Waals surface area contributed by atoms with Crippen molar-refractivity contribution < 1.29 is 128 Å². The fraction of sp³-hybridized carbons (Fsp3) is 0.950. The van der Waals surface area contributed by atoms with E-state index in [4.69, 9.17) is 0 Å². The summed E-state index contributed by atoms with van der Waals surface area (Å²) < 4.78 is 367. The van der Waals surface area contributed by atoms with E-state index in [9.17, 15) is 123 Å². The number of alkyl halides is 27. The molecule has 0 heterocycles. The fourth-order valence-corrected chi connectivity index (χ4v) is 2.77. The Morgan fingerprint density at radius 1 is 0.388 bits per heavy atom. The molecule has 29 heteroatoms. The van der Waals surface area contributed by atoms with Crippen LogP contribution in [0.3, 0.4) is 0 Å². The Morgan fingerprint density at radius 3 is 0.796 bits per heavy atom. The average Bonchev–Trinajstić information content (AvgIpc) is 2.89. The van der Waals surface area contributed by atoms with E-state index in [2.05, 4.69) is 4.74 Å². The summed E-state index contributed by atoms with van der Waals surface area (Å²) in [5.41, 5.74) is -2.02. The highest BCUT2D eigenvalue weighted by Crippen LogP contribution is 2.68. The van der Waals surface area contributed by atoms with Crippen LogP contribution in [0.5, 0.6) is 0 Å². The minimum Gasteiger partial charge on any atom is -0.459 e. The zero-order valence-electron chi connectivity index (χ0n) is 22.9. The summed E-state index contributed by atoms with van der Waals surface area (Å²) in [5.74, 6) is -112. The van der Waals surface area contributed by atoms with Gasteiger partial charge >= 0.3 is 83.2 Å². The van der Waals surface area contributed by atoms with Crippen LogP contribution in [0.4, 0.5) is 119 Å². The second-order valence-corrected chi connectivity index (χ2v) is 10.3. The first kappa shape index (κ1) is 46.6. The van der Waals surface area contributed by atoms with Gasteiger partial charge in [-0.25, -0.2) is 0 Å². The Kier molecular flexibility index (Phi) is 11.2. The molecular weight excluding hydrogens is 785 g/mol. The lowest BCUT2D eigenvalue weighted by Crippen LogP contribution is -2.79. The number of carbonyl (C=O) groups is 1. The van der Waals surface area contributed by atoms with Crippen LogP contribution in [0.15, 0.2) is 0 Å². The molecule has 0 rings (SSSR count). The van der Waals surface area contributed by atoms with Crippen molar-refractivity contribution in [3.8, 4) is 0 Å². The largest absolute Gasteiger partial charge is 0.460 e. The summed E-state index contributed by atoms with van der Waals surface area (Å²) in [5, 5.41) is 0. The molecule has 0 aromatic carbocycles. The van der Waals surface area contributed by atoms with Crippen molar-refractivity contribution in [3.63, 3.8) is 0 Å². The number of rotatable bonds is 15. The van der Waals surface area contributed by atoms with E-state index in [0.717, 1.165) is 20.8 Å². The minimum absolute atomic E-state index is 0.477. The molecule has 0 amide bonds. The van der Waals surface area contributed by atoms with Crippen molar-refractivity contribution in [1.82, 2.24) is 0 Å². The summed E-state index contributed by atoms with van der Waals surface area (Å²) in [6.07, 6.45) is -8.73. The molecule has 0 spiro atoms. The SMILES string of the molecule is CCC(C)(C)C(=O)OCC(F)(F)C(F)(F)C(F)(F)C(F)(F)C(F)(F)C(F)(F)C(F)(F)C(F)(F)C(F)(F)C(F)(F)C(F)(F)C(F)(F)C(F)(F)F. The molecule has 49 heavy (non-hydrogen) atoms. The Balaban J connectivity index is 7.30. The molecular formula is C20H13F27O2. The van der Waals surface area contributed by atoms with Gasteiger partial charge < -0.3 is 4.74 Å². The lowest BCUT2D eigenvalue weighted by atomic mass is 9.84. The van der Waals surface area contributed by atoms with E-state index in [-0.39, 0.29) is 0 Å². The van der Waals surface area contributed by atoms with Crippen LogP contribution in [-0.2, 0) is 9.53 Å². The zero-order chi connectivity index (χ0) is 40.7. The lowest BCUT2D eigenvalue weighted by Gasteiger charge is -2.46. The predicted molar refractivity (Wildman–Crippen MR) is 100 cm³/mol. The fourth-order valence-electron chi connectivity index (χ4n) is 2.77. The standard InChI is InChI=1S/C20H13F27O2/c1-4-7(2,3)6(48)49-5-8(21,22)9(23,24)10(25,26)11(27,28)12(29,30)13(31,32)14(33,34)15(35,36)16(37,38)17(39,40)18(41,42)19(43,44)20(45,46)47/h4-5H2,1-3H3. The number of ether oxygens (including phenoxy) is 1. The van der Waals surface area contributed by atoms with Crippen molar-refractivity contribution in [2.75, 3.05) is 6.61 Å². The Bertz CT molecular complexity index is 1210. The van der Waals surface area contributed by atoms with E-state index in [1.807, 2.05) is 0 Å². The first-order valence-corrected chi connectivity index (χ1v) is 11.5. The molecule has 0 aliphatic heterocycles. The maximum Gasteiger partial charge on any atom is 0.460 e. The highest BCUT2D eigenvalue weighted by molar-refractivity contribution is 5.75. The van der Waals surface area contributed by atoms with Crippen LogP contribution in [0.1, 0.15) is 27.2 Å². The maximum atomic E-state index is 13.9. The average molecular weight is 798 g/mol. The van der Waals surface area contributed by atoms with E-state index < -0.39 is 102 Å². The van der Waals surface area contributed by atoms with Gasteiger partial charge in [-0.1, -0.05) is 6.92 Å². The minimum atomic E-state index is -9.82. The third kappa shape index (κ3) is 5.95. The Labute approximate surface area is 251 Å². The van der Waals surface area contributed by atoms with Crippen LogP contribution in [0.2, 0.25) is 0 Å². The third-order valence-corrected chi connectivity index (χ3v) is 6.58. The summed E-state index contributed by atoms with van der Waals surface area (Å²) in [7, 11) is 0. The number of hydrogen-bond acceptors (Lipinski definition) is 2. The van der Waals surface area contributed by atoms with Gasteiger partial charge in [0.2, 0.25) is 0 Å². The van der Waals surface area contributed by atoms with Gasteiger partial charge in [-0.05, 0) is 20.3 Å². The predicted octanol–water partition coefficient (Wildman–Crippen LogP) is 10.2. The highest BCUT2D eigenvalue weighted by atomic mass is 19.4. The van der Waals surface area contributed by atoms with Gasteiger partial charge in [0.1, 0.15) is 0 Å². The number of carbonyl (C=O) groups excluding carboxylic acids is 1. The van der Waals surface area contributed by atoms with Crippen molar-refractivity contribution in [2.24, 2.45) is 5.41 Å². The second kappa shape index (κ2) is 11.8. The number of halogens is 27. The van der Waals surface area contributed by atoms with Gasteiger partial charge in [0.25, 0.3) is 0 Å². The van der Waals surface area contributed by atoms with Gasteiger partial charge in [0.15, 0.2) is 6.61 Å². The van der Waals surface area contributed by atoms with Crippen LogP contribution >= 0.6 is 0 Å². The first-order chi connectivity index (χ1) is 20.7. The molecule has 0 aliphatic rings. The summed E-state index contributed by atoms with van der Waals surface area (Å²) in [4.78, 5) is 11.6. The van der Waals surface area contributed by atoms with Gasteiger partial charge in [-0.2, -0.15) is 119 Å². The second-order valence-electron chi connectivity index (χ2n) is 10.3. The highest BCUT2D eigenvalue weighted by Gasteiger charge is 3.00. The molecule has 0 aliphatic carbocycles. The summed E-state index contributed by atoms with van der Waals surface area (Å²) >= 11 is 0. The molecule has 0 saturated carbocycles. The van der Waals surface area contributed by atoms with E-state index in [0.29, 0.717) is 0 Å². The van der Waals surface area contributed by atoms with Crippen LogP contribution < -0.4 is 0 Å². The van der Waals surface area contributed by atoms with Gasteiger partial charge in [-0.15, -0.1) is 0 Å². The Morgan fingerprint density at radius 2 is 0.592 bits per heavy atom. The molecule has 0 fully saturated rings. The van der Waals surface area contributed by atoms with Gasteiger partial charge in [0.05, 0.1) is 5.41 Å². The molecule has 0 aromatic rings. The summed E-state index contributed by atoms with van der Waals surface area (Å²) in [6, 6.07) is 0. The van der Waals surface area contributed by atoms with E-state index in [1.165, 1.54) is 0 Å². The van der Waals surface area contributed by atoms with E-state index in [1.54, 1.807) is 0 Å². The van der Waals surface area contributed by atoms with Crippen molar-refractivity contribution in [1.29, 1.82) is 0 Å². The van der Waals surface area contributed by atoms with Crippen LogP contribution in [0, 0.1) is 5.41 Å². The quantitative estimate of drug-likeness (QED) is 0.122. The van der Waals surface area contributed by atoms with Crippen LogP contribution in [-0.4, -0.2) is 89.8 Å². The normalized spacial score (nSPS) is 16.6. The molecule has 0 atom stereocenters. The topological polar surface area (TPSA) is 26.3 Å². The maximum absolute atomic E-state index is 13.9. The summed E-state index contributed by atoms with van der Waals surface area (Å²) in [6.45, 7) is -1.06. The lowest BCUT2D eigenvalue weighted by molar-refractivity contribution is -0.485. The van der Waals surface area contributed by atoms with Crippen molar-refractivity contribution in [3.05, 3.63) is 0 Å². The molecule has 2 nitrogen and oxygen atoms in total. The Hall–Kier alpha value is -2.42. The third-order valence-electron chi connectivity index (χ3n) is 6.58. The molecule has 0 unspecified atom stereocenters. The molecule has 294 valence electrons. The molecule has 0 bridgehead atoms. The van der Waals surface area contributed by atoms with Gasteiger partial charge in [-0.3, -0.25) is 4.79 Å².